The molecule has 1 aromatic heterocycles. The van der Waals surface area contributed by atoms with E-state index in [1.54, 1.807) is 0 Å². The van der Waals surface area contributed by atoms with Crippen LogP contribution in [0.15, 0.2) is 48.9 Å². The zero-order chi connectivity index (χ0) is 44.2. The molecule has 0 aliphatic carbocycles. The molecule has 0 unspecified atom stereocenters. The second-order valence-electron chi connectivity index (χ2n) is 11.9. The lowest BCUT2D eigenvalue weighted by molar-refractivity contribution is -0.380. The molecule has 1 heterocycles. The Labute approximate surface area is 319 Å². The van der Waals surface area contributed by atoms with E-state index in [0.29, 0.717) is 0 Å². The van der Waals surface area contributed by atoms with Crippen LogP contribution in [0.2, 0.25) is 0 Å². The number of halogens is 20. The number of aromatic amines is 1. The van der Waals surface area contributed by atoms with Crippen molar-refractivity contribution in [1.82, 2.24) is 4.57 Å². The first-order valence-electron chi connectivity index (χ1n) is 15.4. The molecule has 0 spiro atoms. The molecule has 0 aliphatic heterocycles. The smallest absolute Gasteiger partial charge is 0.202 e. The first-order chi connectivity index (χ1) is 27.6. The van der Waals surface area contributed by atoms with Gasteiger partial charge in [0.05, 0.1) is 6.20 Å². The Morgan fingerprint density at radius 3 is 0.898 bits per heavy atom. The van der Waals surface area contributed by atoms with Crippen molar-refractivity contribution in [2.45, 2.75) is 6.54 Å². The zero-order valence-corrected chi connectivity index (χ0v) is 28.6. The number of rotatable bonds is 6. The summed E-state index contributed by atoms with van der Waals surface area (Å²) in [5.41, 5.74) is -13.1. The minimum Gasteiger partial charge on any atom is -0.324 e. The Morgan fingerprint density at radius 1 is 0.390 bits per heavy atom. The van der Waals surface area contributed by atoms with Gasteiger partial charge in [-0.05, 0) is 5.56 Å². The number of hydrogen-bond acceptors (Lipinski definition) is 1. The molecule has 0 bridgehead atoms. The number of nitrogens with one attached hydrogen (secondary N) is 1. The number of benzene rings is 5. The van der Waals surface area contributed by atoms with Crippen molar-refractivity contribution in [3.63, 3.8) is 0 Å². The molecule has 2 nitrogen and oxygen atoms in total. The van der Waals surface area contributed by atoms with Gasteiger partial charge in [0.15, 0.2) is 80.6 Å². The third kappa shape index (κ3) is 6.95. The second-order valence-corrected chi connectivity index (χ2v) is 12.3. The van der Waals surface area contributed by atoms with E-state index >= 15 is 35.1 Å². The van der Waals surface area contributed by atoms with Gasteiger partial charge in [-0.2, -0.15) is 0 Å². The Balaban J connectivity index is 0.000000395. The summed E-state index contributed by atoms with van der Waals surface area (Å²) in [6.45, 7) is 0.828. The third-order valence-electron chi connectivity index (χ3n) is 8.74. The predicted molar refractivity (Wildman–Crippen MR) is 167 cm³/mol. The van der Waals surface area contributed by atoms with Crippen LogP contribution in [0.3, 0.4) is 0 Å². The van der Waals surface area contributed by atoms with Crippen molar-refractivity contribution in [2.24, 2.45) is 0 Å². The van der Waals surface area contributed by atoms with Crippen molar-refractivity contribution >= 4 is 40.2 Å². The number of hydrogen-bond donors (Lipinski definition) is 0. The van der Waals surface area contributed by atoms with Crippen molar-refractivity contribution in [3.8, 4) is 0 Å². The molecule has 6 rings (SSSR count). The average Bonchev–Trinajstić information content (AvgIpc) is 3.22. The van der Waals surface area contributed by atoms with Gasteiger partial charge < -0.3 is 4.57 Å². The maximum Gasteiger partial charge on any atom is 0.202 e. The molecule has 0 saturated carbocycles. The molecular weight excluding hydrogens is 871 g/mol. The Hall–Kier alpha value is -5.94. The van der Waals surface area contributed by atoms with Gasteiger partial charge in [0, 0.05) is 6.54 Å². The summed E-state index contributed by atoms with van der Waals surface area (Å²) in [4.78, 5) is 2.96. The van der Waals surface area contributed by atoms with Gasteiger partial charge in [-0.3, -0.25) is 0 Å². The molecular formula is C35H11BF20N2S. The first-order valence-corrected chi connectivity index (χ1v) is 15.8. The SMILES string of the molecule is Fc1c(F)c(F)c([B-](c2c(F)c(F)c(F)c(F)c2F)(c2c(F)c(F)c(F)c(F)c2F)c2c(F)c(F)c(F)c(F)c2F)c(F)c1F.S=c1c[nH+]ccn1Cc1ccccc1. The first kappa shape index (κ1) is 44.2. The minimum absolute atomic E-state index is 0.816. The van der Waals surface area contributed by atoms with E-state index in [-0.39, 0.29) is 0 Å². The topological polar surface area (TPSA) is 19.1 Å². The Bertz CT molecular complexity index is 2350. The summed E-state index contributed by atoms with van der Waals surface area (Å²) in [5.74, 6) is -71.4. The second kappa shape index (κ2) is 16.4. The van der Waals surface area contributed by atoms with Gasteiger partial charge in [-0.25, -0.2) is 92.8 Å². The van der Waals surface area contributed by atoms with Gasteiger partial charge in [-0.1, -0.05) is 42.5 Å². The summed E-state index contributed by atoms with van der Waals surface area (Å²) in [6, 6.07) is 10.3. The van der Waals surface area contributed by atoms with E-state index in [2.05, 4.69) is 17.1 Å². The summed E-state index contributed by atoms with van der Waals surface area (Å²) < 4.78 is 297. The molecule has 6 aromatic rings. The van der Waals surface area contributed by atoms with E-state index in [9.17, 15) is 52.7 Å². The summed E-state index contributed by atoms with van der Waals surface area (Å²) in [6.07, 6.45) is -1.57. The van der Waals surface area contributed by atoms with Crippen LogP contribution >= 0.6 is 12.2 Å². The Morgan fingerprint density at radius 2 is 0.644 bits per heavy atom. The van der Waals surface area contributed by atoms with Gasteiger partial charge in [-0.15, -0.1) is 21.9 Å². The van der Waals surface area contributed by atoms with E-state index in [1.165, 1.54) is 5.56 Å². The summed E-state index contributed by atoms with van der Waals surface area (Å²) >= 11 is 5.18. The standard InChI is InChI=1S/C24BF20.C11H10N2S/c26-5-1(6(27)14(35)21(42)13(5)34)25(2-7(28)15(36)22(43)16(37)8(2)29,3-9(30)17(38)23(44)18(39)10(3)31)4-11(32)19(40)24(45)20(41)12(4)33;14-11-8-12-6-7-13(11)9-10-4-2-1-3-5-10/h;1-8H,9H2/q-1;/p+1. The zero-order valence-electron chi connectivity index (χ0n) is 27.8. The number of nitrogens with zero attached hydrogens (tertiary/aromatic N) is 1. The quantitative estimate of drug-likeness (QED) is 0.0548. The monoisotopic (exact) mass is 882 g/mol. The minimum atomic E-state index is -7.22. The average molecular weight is 882 g/mol. The van der Waals surface area contributed by atoms with Crippen molar-refractivity contribution in [3.05, 3.63) is 175 Å². The molecule has 0 atom stereocenters. The van der Waals surface area contributed by atoms with Gasteiger partial charge in [0.1, 0.15) is 52.7 Å². The maximum atomic E-state index is 15.4. The van der Waals surface area contributed by atoms with Crippen molar-refractivity contribution in [1.29, 1.82) is 0 Å². The molecule has 5 aromatic carbocycles. The van der Waals surface area contributed by atoms with E-state index in [0.717, 1.165) is 11.2 Å². The van der Waals surface area contributed by atoms with Crippen LogP contribution in [-0.4, -0.2) is 10.7 Å². The number of aromatic nitrogens is 2. The molecule has 0 saturated heterocycles. The lowest BCUT2D eigenvalue weighted by Gasteiger charge is -2.44. The highest BCUT2D eigenvalue weighted by Crippen LogP contribution is 2.30. The normalized spacial score (nSPS) is 11.5. The van der Waals surface area contributed by atoms with Crippen LogP contribution in [0.1, 0.15) is 5.56 Å². The van der Waals surface area contributed by atoms with Crippen LogP contribution in [0.4, 0.5) is 87.8 Å². The van der Waals surface area contributed by atoms with E-state index in [4.69, 9.17) is 12.2 Å². The summed E-state index contributed by atoms with van der Waals surface area (Å²) in [5, 5.41) is 0. The van der Waals surface area contributed by atoms with Crippen molar-refractivity contribution < 1.29 is 92.8 Å². The molecule has 24 heteroatoms. The van der Waals surface area contributed by atoms with Crippen LogP contribution in [0.25, 0.3) is 0 Å². The van der Waals surface area contributed by atoms with Crippen LogP contribution < -0.4 is 26.8 Å². The fourth-order valence-electron chi connectivity index (χ4n) is 6.19. The van der Waals surface area contributed by atoms with Gasteiger partial charge >= 0.3 is 0 Å². The highest BCUT2D eigenvalue weighted by molar-refractivity contribution is 7.71. The predicted octanol–water partition coefficient (Wildman–Crippen LogP) is 7.93. The maximum absolute atomic E-state index is 15.4. The lowest BCUT2D eigenvalue weighted by atomic mass is 9.12. The molecule has 0 aliphatic rings. The summed E-state index contributed by atoms with van der Waals surface area (Å²) in [7, 11) is 0. The third-order valence-corrected chi connectivity index (χ3v) is 9.10. The van der Waals surface area contributed by atoms with Crippen LogP contribution in [0.5, 0.6) is 0 Å². The largest absolute Gasteiger partial charge is 0.324 e. The molecule has 310 valence electrons. The molecule has 0 radical (unpaired) electrons. The lowest BCUT2D eigenvalue weighted by Crippen LogP contribution is -2.81. The Kier molecular flexibility index (Phi) is 12.3. The molecule has 0 amide bonds. The van der Waals surface area contributed by atoms with Gasteiger partial charge in [0.25, 0.3) is 0 Å². The fraction of sp³-hybridized carbons (Fsp3) is 0.0286. The molecule has 0 fully saturated rings. The fourth-order valence-corrected chi connectivity index (χ4v) is 6.39. The number of H-pyrrole nitrogens is 1. The van der Waals surface area contributed by atoms with Crippen LogP contribution in [0, 0.1) is 121 Å². The highest BCUT2D eigenvalue weighted by atomic mass is 32.1. The van der Waals surface area contributed by atoms with E-state index < -0.39 is 144 Å². The van der Waals surface area contributed by atoms with E-state index in [1.807, 2.05) is 41.4 Å². The molecule has 59 heavy (non-hydrogen) atoms. The van der Waals surface area contributed by atoms with Crippen LogP contribution in [-0.2, 0) is 6.54 Å². The highest BCUT2D eigenvalue weighted by Gasteiger charge is 2.52. The molecule has 1 N–H and O–H groups in total. The van der Waals surface area contributed by atoms with Gasteiger partial charge in [0.2, 0.25) is 6.20 Å². The van der Waals surface area contributed by atoms with Crippen molar-refractivity contribution in [2.75, 3.05) is 0 Å².